The number of ether oxygens (including phenoxy) is 3. The minimum Gasteiger partial charge on any atom is -0.493 e. The largest absolute Gasteiger partial charge is 0.493 e. The molecule has 0 heterocycles. The molecule has 2 N–H and O–H groups in total. The van der Waals surface area contributed by atoms with Crippen LogP contribution in [0.5, 0.6) is 17.2 Å². The fourth-order valence-corrected chi connectivity index (χ4v) is 1.64. The first-order chi connectivity index (χ1) is 8.97. The van der Waals surface area contributed by atoms with E-state index in [0.29, 0.717) is 24.2 Å². The van der Waals surface area contributed by atoms with Gasteiger partial charge < -0.3 is 19.9 Å². The number of hydrogen-bond donors (Lipinski definition) is 1. The van der Waals surface area contributed by atoms with Crippen LogP contribution in [0.25, 0.3) is 0 Å². The molecule has 0 aliphatic rings. The summed E-state index contributed by atoms with van der Waals surface area (Å²) in [5.74, 6) is 0.728. The molecule has 0 aliphatic carbocycles. The molecule has 0 spiro atoms. The molecule has 0 fully saturated rings. The van der Waals surface area contributed by atoms with Crippen molar-refractivity contribution in [2.45, 2.75) is 19.4 Å². The Labute approximate surface area is 122 Å². The molecule has 0 aliphatic heterocycles. The third-order valence-electron chi connectivity index (χ3n) is 2.34. The maximum absolute atomic E-state index is 12.1. The van der Waals surface area contributed by atoms with Gasteiger partial charge in [0.15, 0.2) is 17.8 Å². The predicted molar refractivity (Wildman–Crippen MR) is 75.1 cm³/mol. The average Bonchev–Trinajstić information content (AvgIpc) is 2.35. The Bertz CT molecular complexity index is 438. The van der Waals surface area contributed by atoms with Crippen molar-refractivity contribution in [2.75, 3.05) is 14.2 Å². The van der Waals surface area contributed by atoms with E-state index in [2.05, 4.69) is 0 Å². The number of rotatable bonds is 6. The van der Waals surface area contributed by atoms with E-state index in [-0.39, 0.29) is 24.2 Å². The van der Waals surface area contributed by atoms with Crippen molar-refractivity contribution in [1.82, 2.24) is 0 Å². The van der Waals surface area contributed by atoms with Gasteiger partial charge in [0.1, 0.15) is 0 Å². The predicted octanol–water partition coefficient (Wildman–Crippen LogP) is 3.13. The van der Waals surface area contributed by atoms with Crippen molar-refractivity contribution in [3.05, 3.63) is 30.0 Å². The highest BCUT2D eigenvalue weighted by Crippen LogP contribution is 2.39. The van der Waals surface area contributed by atoms with Crippen LogP contribution in [0.1, 0.15) is 12.5 Å². The molecule has 1 rings (SSSR count). The van der Waals surface area contributed by atoms with Gasteiger partial charge in [-0.1, -0.05) is 0 Å². The maximum atomic E-state index is 12.1. The fourth-order valence-electron chi connectivity index (χ4n) is 1.64. The van der Waals surface area contributed by atoms with Gasteiger partial charge in [-0.15, -0.1) is 12.4 Å². The summed E-state index contributed by atoms with van der Waals surface area (Å²) in [5, 5.41) is 0. The number of benzene rings is 1. The summed E-state index contributed by atoms with van der Waals surface area (Å²) in [6.07, 6.45) is -0.991. The van der Waals surface area contributed by atoms with Crippen molar-refractivity contribution in [3.63, 3.8) is 0 Å². The van der Waals surface area contributed by atoms with Gasteiger partial charge in [0.05, 0.1) is 14.2 Å². The van der Waals surface area contributed by atoms with E-state index in [1.54, 1.807) is 12.1 Å². The Morgan fingerprint density at radius 1 is 1.25 bits per heavy atom. The summed E-state index contributed by atoms with van der Waals surface area (Å²) in [6, 6.07) is 3.33. The Morgan fingerprint density at radius 3 is 2.10 bits per heavy atom. The molecule has 7 heteroatoms. The van der Waals surface area contributed by atoms with Crippen LogP contribution >= 0.6 is 12.4 Å². The fraction of sp³-hybridized carbons (Fsp3) is 0.385. The zero-order chi connectivity index (χ0) is 14.4. The molecule has 1 unspecified atom stereocenters. The second-order valence-electron chi connectivity index (χ2n) is 4.04. The maximum Gasteiger partial charge on any atom is 0.305 e. The molecular weight excluding hydrogens is 292 g/mol. The third-order valence-corrected chi connectivity index (χ3v) is 2.34. The van der Waals surface area contributed by atoms with Crippen molar-refractivity contribution < 1.29 is 23.0 Å². The summed E-state index contributed by atoms with van der Waals surface area (Å²) >= 11 is 0. The zero-order valence-electron chi connectivity index (χ0n) is 11.5. The lowest BCUT2D eigenvalue weighted by Crippen LogP contribution is -2.17. The van der Waals surface area contributed by atoms with Crippen molar-refractivity contribution in [1.29, 1.82) is 0 Å². The smallest absolute Gasteiger partial charge is 0.305 e. The van der Waals surface area contributed by atoms with Crippen LogP contribution in [0.3, 0.4) is 0 Å². The SMILES string of the molecule is COc1cc(CC(C)N)cc(OC)c1OC=C(F)F.Cl. The molecule has 114 valence electrons. The Balaban J connectivity index is 0.00000361. The van der Waals surface area contributed by atoms with Crippen LogP contribution in [-0.4, -0.2) is 20.3 Å². The molecule has 1 aromatic carbocycles. The van der Waals surface area contributed by atoms with Gasteiger partial charge in [-0.25, -0.2) is 0 Å². The van der Waals surface area contributed by atoms with Crippen molar-refractivity contribution in [2.24, 2.45) is 5.73 Å². The van der Waals surface area contributed by atoms with Crippen molar-refractivity contribution >= 4 is 12.4 Å². The zero-order valence-corrected chi connectivity index (χ0v) is 12.3. The molecule has 0 amide bonds. The minimum atomic E-state index is -1.94. The van der Waals surface area contributed by atoms with E-state index < -0.39 is 6.08 Å². The summed E-state index contributed by atoms with van der Waals surface area (Å²) in [7, 11) is 2.85. The van der Waals surface area contributed by atoms with E-state index in [4.69, 9.17) is 19.9 Å². The minimum absolute atomic E-state index is 0. The molecule has 20 heavy (non-hydrogen) atoms. The van der Waals surface area contributed by atoms with Crippen LogP contribution in [-0.2, 0) is 6.42 Å². The van der Waals surface area contributed by atoms with Crippen LogP contribution in [0, 0.1) is 0 Å². The lowest BCUT2D eigenvalue weighted by molar-refractivity contribution is 0.323. The van der Waals surface area contributed by atoms with Crippen LogP contribution in [0.15, 0.2) is 24.5 Å². The highest BCUT2D eigenvalue weighted by atomic mass is 35.5. The molecule has 0 saturated carbocycles. The van der Waals surface area contributed by atoms with Gasteiger partial charge in [-0.3, -0.25) is 0 Å². The number of halogens is 3. The Morgan fingerprint density at radius 2 is 1.75 bits per heavy atom. The highest BCUT2D eigenvalue weighted by molar-refractivity contribution is 5.85. The molecule has 0 radical (unpaired) electrons. The number of methoxy groups -OCH3 is 2. The van der Waals surface area contributed by atoms with Crippen LogP contribution < -0.4 is 19.9 Å². The molecule has 0 aromatic heterocycles. The Hall–Kier alpha value is -1.53. The highest BCUT2D eigenvalue weighted by Gasteiger charge is 2.14. The molecule has 4 nitrogen and oxygen atoms in total. The van der Waals surface area contributed by atoms with Gasteiger partial charge in [0.2, 0.25) is 5.75 Å². The second kappa shape index (κ2) is 8.60. The lowest BCUT2D eigenvalue weighted by atomic mass is 10.1. The summed E-state index contributed by atoms with van der Waals surface area (Å²) < 4.78 is 39.3. The first-order valence-corrected chi connectivity index (χ1v) is 5.66. The lowest BCUT2D eigenvalue weighted by Gasteiger charge is -2.15. The molecular formula is C13H18ClF2NO3. The van der Waals surface area contributed by atoms with Crippen LogP contribution in [0.2, 0.25) is 0 Å². The van der Waals surface area contributed by atoms with E-state index in [1.807, 2.05) is 6.92 Å². The summed E-state index contributed by atoms with van der Waals surface area (Å²) in [5.41, 5.74) is 6.60. The summed E-state index contributed by atoms with van der Waals surface area (Å²) in [6.45, 7) is 1.87. The third kappa shape index (κ3) is 5.22. The quantitative estimate of drug-likeness (QED) is 0.820. The molecule has 0 bridgehead atoms. The average molecular weight is 310 g/mol. The topological polar surface area (TPSA) is 53.7 Å². The normalized spacial score (nSPS) is 11.1. The molecule has 0 saturated heterocycles. The first-order valence-electron chi connectivity index (χ1n) is 5.66. The molecule has 1 atom stereocenters. The number of hydrogen-bond acceptors (Lipinski definition) is 4. The monoisotopic (exact) mass is 309 g/mol. The van der Waals surface area contributed by atoms with E-state index in [1.165, 1.54) is 14.2 Å². The van der Waals surface area contributed by atoms with Gasteiger partial charge in [0.25, 0.3) is 0 Å². The van der Waals surface area contributed by atoms with Gasteiger partial charge in [-0.2, -0.15) is 8.78 Å². The Kier molecular flexibility index (Phi) is 7.94. The van der Waals surface area contributed by atoms with Crippen molar-refractivity contribution in [3.8, 4) is 17.2 Å². The van der Waals surface area contributed by atoms with E-state index in [9.17, 15) is 8.78 Å². The van der Waals surface area contributed by atoms with Gasteiger partial charge in [0, 0.05) is 6.04 Å². The summed E-state index contributed by atoms with van der Waals surface area (Å²) in [4.78, 5) is 0. The van der Waals surface area contributed by atoms with Gasteiger partial charge >= 0.3 is 6.08 Å². The second-order valence-corrected chi connectivity index (χ2v) is 4.04. The van der Waals surface area contributed by atoms with E-state index >= 15 is 0 Å². The van der Waals surface area contributed by atoms with E-state index in [0.717, 1.165) is 5.56 Å². The van der Waals surface area contributed by atoms with Crippen LogP contribution in [0.4, 0.5) is 8.78 Å². The first kappa shape index (κ1) is 18.5. The van der Waals surface area contributed by atoms with Gasteiger partial charge in [-0.05, 0) is 31.0 Å². The molecule has 1 aromatic rings. The number of nitrogens with two attached hydrogens (primary N) is 1. The standard InChI is InChI=1S/C13H17F2NO3.ClH/c1-8(16)4-9-5-10(17-2)13(11(6-9)18-3)19-7-12(14)15;/h5-8H,4,16H2,1-3H3;1H.